The van der Waals surface area contributed by atoms with Gasteiger partial charge >= 0.3 is 6.09 Å². The van der Waals surface area contributed by atoms with Crippen LogP contribution in [0.15, 0.2) is 18.5 Å². The molecule has 0 spiro atoms. The van der Waals surface area contributed by atoms with E-state index in [1.165, 1.54) is 0 Å². The number of ether oxygens (including phenoxy) is 1. The quantitative estimate of drug-likeness (QED) is 0.818. The molecule has 2 aromatic heterocycles. The Hall–Kier alpha value is -2.97. The van der Waals surface area contributed by atoms with Crippen molar-refractivity contribution < 1.29 is 18.7 Å². The third-order valence-electron chi connectivity index (χ3n) is 5.66. The van der Waals surface area contributed by atoms with Crippen LogP contribution in [0.2, 0.25) is 0 Å². The van der Waals surface area contributed by atoms with Crippen LogP contribution in [0.25, 0.3) is 11.1 Å². The van der Waals surface area contributed by atoms with Gasteiger partial charge in [-0.25, -0.2) is 14.2 Å². The van der Waals surface area contributed by atoms with Crippen molar-refractivity contribution in [3.8, 4) is 11.1 Å². The van der Waals surface area contributed by atoms with Crippen molar-refractivity contribution >= 4 is 17.8 Å². The third-order valence-corrected chi connectivity index (χ3v) is 5.66. The number of carbonyl (C=O) groups is 2. The highest BCUT2D eigenvalue weighted by Crippen LogP contribution is 2.32. The second kappa shape index (κ2) is 8.18. The molecule has 4 rings (SSSR count). The van der Waals surface area contributed by atoms with Gasteiger partial charge in [-0.3, -0.25) is 9.48 Å². The highest BCUT2D eigenvalue weighted by Gasteiger charge is 2.29. The van der Waals surface area contributed by atoms with E-state index in [0.29, 0.717) is 30.6 Å². The smallest absolute Gasteiger partial charge is 0.404 e. The first-order valence-electron chi connectivity index (χ1n) is 9.99. The normalized spacial score (nSPS) is 21.3. The van der Waals surface area contributed by atoms with Crippen LogP contribution in [-0.4, -0.2) is 32.9 Å². The Morgan fingerprint density at radius 3 is 2.90 bits per heavy atom. The van der Waals surface area contributed by atoms with Crippen LogP contribution in [0.4, 0.5) is 15.0 Å². The molecule has 9 heteroatoms. The summed E-state index contributed by atoms with van der Waals surface area (Å²) in [6.45, 7) is 0.835. The highest BCUT2D eigenvalue weighted by molar-refractivity contribution is 5.92. The lowest BCUT2D eigenvalue weighted by atomic mass is 9.86. The van der Waals surface area contributed by atoms with E-state index in [2.05, 4.69) is 15.4 Å². The van der Waals surface area contributed by atoms with Crippen molar-refractivity contribution in [2.24, 2.45) is 11.7 Å². The molecule has 1 aliphatic carbocycles. The van der Waals surface area contributed by atoms with Crippen molar-refractivity contribution in [3.05, 3.63) is 30.0 Å². The van der Waals surface area contributed by atoms with E-state index < -0.39 is 11.9 Å². The third kappa shape index (κ3) is 4.23. The van der Waals surface area contributed by atoms with Gasteiger partial charge in [0.25, 0.3) is 0 Å². The lowest BCUT2D eigenvalue weighted by molar-refractivity contribution is -0.122. The minimum absolute atomic E-state index is 0.218. The number of fused-ring (bicyclic) bond motifs is 1. The van der Waals surface area contributed by atoms with Gasteiger partial charge in [0.2, 0.25) is 5.91 Å². The average molecular weight is 401 g/mol. The molecule has 1 aliphatic heterocycles. The second-order valence-corrected chi connectivity index (χ2v) is 7.65. The molecule has 0 radical (unpaired) electrons. The molecule has 1 fully saturated rings. The van der Waals surface area contributed by atoms with Crippen molar-refractivity contribution in [3.63, 3.8) is 0 Å². The Morgan fingerprint density at radius 2 is 2.07 bits per heavy atom. The topological polar surface area (TPSA) is 112 Å². The maximum atomic E-state index is 14.5. The summed E-state index contributed by atoms with van der Waals surface area (Å²) in [6, 6.07) is 1.56. The molecule has 2 amide bonds. The van der Waals surface area contributed by atoms with E-state index in [-0.39, 0.29) is 17.9 Å². The lowest BCUT2D eigenvalue weighted by Crippen LogP contribution is -2.33. The molecule has 2 aromatic rings. The molecular weight excluding hydrogens is 377 g/mol. The number of hydrogen-bond acceptors (Lipinski definition) is 5. The van der Waals surface area contributed by atoms with Crippen molar-refractivity contribution in [1.29, 1.82) is 0 Å². The number of nitrogens with one attached hydrogen (secondary N) is 1. The minimum Gasteiger partial charge on any atom is -0.446 e. The molecule has 2 atom stereocenters. The molecule has 0 bridgehead atoms. The van der Waals surface area contributed by atoms with Gasteiger partial charge in [-0.05, 0) is 51.0 Å². The van der Waals surface area contributed by atoms with Gasteiger partial charge in [0.1, 0.15) is 17.7 Å². The van der Waals surface area contributed by atoms with E-state index in [1.807, 2.05) is 4.68 Å². The molecule has 1 saturated carbocycles. The Balaban J connectivity index is 1.50. The Kier molecular flexibility index (Phi) is 5.46. The number of pyridine rings is 1. The zero-order valence-electron chi connectivity index (χ0n) is 16.1. The largest absolute Gasteiger partial charge is 0.446 e. The standard InChI is InChI=1S/C20H24FN5O3/c21-16-11-23-18(9-14(16)15-10-24-26-7-2-1-6-17(15)26)25-19(27)12-4-3-5-13(8-12)29-20(22)28/h9-13H,1-8H2,(H2,22,28)(H,23,25,27)/t12-,13+/m0/s1. The van der Waals surface area contributed by atoms with Crippen LogP contribution >= 0.6 is 0 Å². The van der Waals surface area contributed by atoms with E-state index in [1.54, 1.807) is 12.3 Å². The number of halogens is 1. The van der Waals surface area contributed by atoms with Crippen molar-refractivity contribution in [2.75, 3.05) is 5.32 Å². The zero-order valence-corrected chi connectivity index (χ0v) is 16.1. The second-order valence-electron chi connectivity index (χ2n) is 7.65. The van der Waals surface area contributed by atoms with Crippen LogP contribution in [0.1, 0.15) is 44.2 Å². The van der Waals surface area contributed by atoms with E-state index >= 15 is 0 Å². The zero-order chi connectivity index (χ0) is 20.4. The van der Waals surface area contributed by atoms with Crippen LogP contribution in [0.5, 0.6) is 0 Å². The first kappa shape index (κ1) is 19.4. The molecule has 154 valence electrons. The molecule has 3 N–H and O–H groups in total. The fourth-order valence-corrected chi connectivity index (χ4v) is 4.24. The first-order valence-corrected chi connectivity index (χ1v) is 9.99. The van der Waals surface area contributed by atoms with Gasteiger partial charge in [-0.1, -0.05) is 0 Å². The average Bonchev–Trinajstić information content (AvgIpc) is 3.13. The van der Waals surface area contributed by atoms with Gasteiger partial charge in [0.15, 0.2) is 0 Å². The number of amides is 2. The Labute approximate surface area is 167 Å². The number of aryl methyl sites for hydroxylation is 1. The number of primary amides is 1. The molecule has 0 aromatic carbocycles. The number of anilines is 1. The Morgan fingerprint density at radius 1 is 1.21 bits per heavy atom. The fourth-order valence-electron chi connectivity index (χ4n) is 4.24. The lowest BCUT2D eigenvalue weighted by Gasteiger charge is -2.27. The van der Waals surface area contributed by atoms with E-state index in [4.69, 9.17) is 10.5 Å². The predicted octanol–water partition coefficient (Wildman–Crippen LogP) is 3.01. The van der Waals surface area contributed by atoms with Crippen LogP contribution in [-0.2, 0) is 22.5 Å². The number of rotatable bonds is 4. The number of hydrogen-bond donors (Lipinski definition) is 2. The van der Waals surface area contributed by atoms with Gasteiger partial charge < -0.3 is 15.8 Å². The van der Waals surface area contributed by atoms with Crippen molar-refractivity contribution in [1.82, 2.24) is 14.8 Å². The number of aromatic nitrogens is 3. The maximum Gasteiger partial charge on any atom is 0.404 e. The summed E-state index contributed by atoms with van der Waals surface area (Å²) in [7, 11) is 0. The van der Waals surface area contributed by atoms with Gasteiger partial charge in [0.05, 0.1) is 12.4 Å². The van der Waals surface area contributed by atoms with Crippen molar-refractivity contribution in [2.45, 2.75) is 57.6 Å². The number of carbonyl (C=O) groups excluding carboxylic acids is 2. The van der Waals surface area contributed by atoms with E-state index in [0.717, 1.165) is 49.7 Å². The Bertz CT molecular complexity index is 929. The first-order chi connectivity index (χ1) is 14.0. The predicted molar refractivity (Wildman–Crippen MR) is 103 cm³/mol. The molecule has 8 nitrogen and oxygen atoms in total. The molecular formula is C20H24FN5O3. The number of nitrogens with zero attached hydrogens (tertiary/aromatic N) is 3. The summed E-state index contributed by atoms with van der Waals surface area (Å²) >= 11 is 0. The molecule has 2 aliphatic rings. The molecule has 3 heterocycles. The summed E-state index contributed by atoms with van der Waals surface area (Å²) in [5.41, 5.74) is 7.22. The summed E-state index contributed by atoms with van der Waals surface area (Å²) in [6.07, 6.45) is 7.14. The summed E-state index contributed by atoms with van der Waals surface area (Å²) < 4.78 is 21.5. The van der Waals surface area contributed by atoms with Gasteiger partial charge in [-0.2, -0.15) is 5.10 Å². The fraction of sp³-hybridized carbons (Fsp3) is 0.500. The minimum atomic E-state index is -0.828. The molecule has 29 heavy (non-hydrogen) atoms. The monoisotopic (exact) mass is 401 g/mol. The van der Waals surface area contributed by atoms with Crippen LogP contribution in [0.3, 0.4) is 0 Å². The van der Waals surface area contributed by atoms with Gasteiger partial charge in [-0.15, -0.1) is 0 Å². The highest BCUT2D eigenvalue weighted by atomic mass is 19.1. The summed E-state index contributed by atoms with van der Waals surface area (Å²) in [5, 5.41) is 7.14. The number of nitrogens with two attached hydrogens (primary N) is 1. The molecule has 0 saturated heterocycles. The summed E-state index contributed by atoms with van der Waals surface area (Å²) in [5.74, 6) is -0.686. The summed E-state index contributed by atoms with van der Waals surface area (Å²) in [4.78, 5) is 27.7. The van der Waals surface area contributed by atoms with Crippen LogP contribution < -0.4 is 11.1 Å². The SMILES string of the molecule is NC(=O)O[C@@H]1CCC[C@H](C(=O)Nc2cc(-c3cnn4c3CCCC4)c(F)cn2)C1. The molecule has 0 unspecified atom stereocenters. The van der Waals surface area contributed by atoms with Crippen LogP contribution in [0, 0.1) is 11.7 Å². The van der Waals surface area contributed by atoms with E-state index in [9.17, 15) is 14.0 Å². The van der Waals surface area contributed by atoms with Gasteiger partial charge in [0, 0.05) is 29.3 Å². The maximum absolute atomic E-state index is 14.5.